The molecular weight excluding hydrogens is 253 g/mol. The summed E-state index contributed by atoms with van der Waals surface area (Å²) in [7, 11) is 0. The lowest BCUT2D eigenvalue weighted by Gasteiger charge is -2.11. The molecular formula is C14H9F3N2. The van der Waals surface area contributed by atoms with Gasteiger partial charge in [0.25, 0.3) is 0 Å². The third kappa shape index (κ3) is 3.05. The van der Waals surface area contributed by atoms with E-state index in [1.54, 1.807) is 24.3 Å². The Kier molecular flexibility index (Phi) is 3.43. The maximum absolute atomic E-state index is 12.6. The molecule has 2 aromatic carbocycles. The first-order valence-corrected chi connectivity index (χ1v) is 5.44. The third-order valence-corrected chi connectivity index (χ3v) is 2.52. The molecule has 0 radical (unpaired) electrons. The Morgan fingerprint density at radius 1 is 1.00 bits per heavy atom. The fourth-order valence-corrected chi connectivity index (χ4v) is 1.62. The van der Waals surface area contributed by atoms with E-state index in [0.29, 0.717) is 11.3 Å². The Balaban J connectivity index is 2.32. The minimum Gasteiger partial charge on any atom is -0.354 e. The molecule has 0 spiro atoms. The van der Waals surface area contributed by atoms with Crippen LogP contribution in [0.4, 0.5) is 24.5 Å². The summed E-state index contributed by atoms with van der Waals surface area (Å²) in [6.45, 7) is 0. The van der Waals surface area contributed by atoms with Crippen LogP contribution in [-0.2, 0) is 6.18 Å². The lowest BCUT2D eigenvalue weighted by atomic mass is 10.1. The molecule has 19 heavy (non-hydrogen) atoms. The van der Waals surface area contributed by atoms with Gasteiger partial charge in [-0.2, -0.15) is 18.4 Å². The molecule has 0 aromatic heterocycles. The minimum atomic E-state index is -4.38. The summed E-state index contributed by atoms with van der Waals surface area (Å²) in [5.74, 6) is 0. The number of anilines is 2. The summed E-state index contributed by atoms with van der Waals surface area (Å²) in [5, 5.41) is 11.7. The molecule has 2 rings (SSSR count). The topological polar surface area (TPSA) is 35.8 Å². The van der Waals surface area contributed by atoms with Crippen molar-refractivity contribution >= 4 is 11.4 Å². The highest BCUT2D eigenvalue weighted by Gasteiger charge is 2.30. The molecule has 0 heterocycles. The van der Waals surface area contributed by atoms with E-state index in [1.807, 2.05) is 6.07 Å². The highest BCUT2D eigenvalue weighted by atomic mass is 19.4. The number of nitrogens with one attached hydrogen (secondary N) is 1. The van der Waals surface area contributed by atoms with Crippen LogP contribution in [-0.4, -0.2) is 0 Å². The number of nitrogens with zero attached hydrogens (tertiary/aromatic N) is 1. The quantitative estimate of drug-likeness (QED) is 0.874. The molecule has 0 aliphatic rings. The second kappa shape index (κ2) is 5.02. The molecule has 0 fully saturated rings. The highest BCUT2D eigenvalue weighted by Crippen LogP contribution is 2.31. The summed E-state index contributed by atoms with van der Waals surface area (Å²) >= 11 is 0. The molecule has 2 aromatic rings. The zero-order chi connectivity index (χ0) is 13.9. The van der Waals surface area contributed by atoms with Gasteiger partial charge in [0.2, 0.25) is 0 Å². The number of rotatable bonds is 2. The number of benzene rings is 2. The monoisotopic (exact) mass is 262 g/mol. The molecule has 1 N–H and O–H groups in total. The second-order valence-corrected chi connectivity index (χ2v) is 3.86. The molecule has 0 bridgehead atoms. The van der Waals surface area contributed by atoms with Crippen LogP contribution in [0.1, 0.15) is 11.1 Å². The molecule has 5 heteroatoms. The summed E-state index contributed by atoms with van der Waals surface area (Å²) in [5.41, 5.74) is 0.411. The van der Waals surface area contributed by atoms with Crippen LogP contribution >= 0.6 is 0 Å². The predicted molar refractivity (Wildman–Crippen MR) is 65.9 cm³/mol. The minimum absolute atomic E-state index is 0.289. The van der Waals surface area contributed by atoms with Gasteiger partial charge >= 0.3 is 6.18 Å². The van der Waals surface area contributed by atoms with E-state index in [4.69, 9.17) is 5.26 Å². The van der Waals surface area contributed by atoms with Gasteiger partial charge in [0.05, 0.1) is 16.8 Å². The molecule has 0 amide bonds. The van der Waals surface area contributed by atoms with Crippen molar-refractivity contribution in [3.8, 4) is 6.07 Å². The zero-order valence-electron chi connectivity index (χ0n) is 9.70. The summed E-state index contributed by atoms with van der Waals surface area (Å²) in [4.78, 5) is 0. The number of hydrogen-bond donors (Lipinski definition) is 1. The SMILES string of the molecule is N#Cc1ccccc1Nc1cccc(C(F)(F)F)c1. The first-order valence-electron chi connectivity index (χ1n) is 5.44. The smallest absolute Gasteiger partial charge is 0.354 e. The van der Waals surface area contributed by atoms with Crippen LogP contribution in [0.5, 0.6) is 0 Å². The maximum atomic E-state index is 12.6. The van der Waals surface area contributed by atoms with Crippen LogP contribution < -0.4 is 5.32 Å². The van der Waals surface area contributed by atoms with Crippen molar-refractivity contribution in [1.82, 2.24) is 0 Å². The predicted octanol–water partition coefficient (Wildman–Crippen LogP) is 4.32. The van der Waals surface area contributed by atoms with Crippen LogP contribution in [0.2, 0.25) is 0 Å². The number of para-hydroxylation sites is 1. The first-order chi connectivity index (χ1) is 9.00. The van der Waals surface area contributed by atoms with E-state index in [0.717, 1.165) is 12.1 Å². The molecule has 96 valence electrons. The fourth-order valence-electron chi connectivity index (χ4n) is 1.62. The van der Waals surface area contributed by atoms with Gasteiger partial charge in [-0.05, 0) is 30.3 Å². The van der Waals surface area contributed by atoms with E-state index in [9.17, 15) is 13.2 Å². The Morgan fingerprint density at radius 3 is 2.42 bits per heavy atom. The van der Waals surface area contributed by atoms with Gasteiger partial charge in [-0.25, -0.2) is 0 Å². The van der Waals surface area contributed by atoms with Crippen LogP contribution in [0, 0.1) is 11.3 Å². The fraction of sp³-hybridized carbons (Fsp3) is 0.0714. The van der Waals surface area contributed by atoms with Gasteiger partial charge in [0.15, 0.2) is 0 Å². The Bertz CT molecular complexity index is 627. The summed E-state index contributed by atoms with van der Waals surface area (Å²) in [6.07, 6.45) is -4.38. The number of nitriles is 1. The van der Waals surface area contributed by atoms with E-state index in [2.05, 4.69) is 5.32 Å². The molecule has 0 atom stereocenters. The number of alkyl halides is 3. The van der Waals surface area contributed by atoms with Crippen molar-refractivity contribution in [2.24, 2.45) is 0 Å². The van der Waals surface area contributed by atoms with Crippen LogP contribution in [0.15, 0.2) is 48.5 Å². The lowest BCUT2D eigenvalue weighted by Crippen LogP contribution is -2.05. The number of hydrogen-bond acceptors (Lipinski definition) is 2. The average Bonchev–Trinajstić information content (AvgIpc) is 2.39. The van der Waals surface area contributed by atoms with Crippen LogP contribution in [0.25, 0.3) is 0 Å². The van der Waals surface area contributed by atoms with Gasteiger partial charge in [0.1, 0.15) is 6.07 Å². The van der Waals surface area contributed by atoms with Gasteiger partial charge in [-0.3, -0.25) is 0 Å². The van der Waals surface area contributed by atoms with Crippen molar-refractivity contribution in [2.75, 3.05) is 5.32 Å². The van der Waals surface area contributed by atoms with Crippen molar-refractivity contribution < 1.29 is 13.2 Å². The Labute approximate surface area is 108 Å². The Hall–Kier alpha value is -2.48. The molecule has 0 unspecified atom stereocenters. The van der Waals surface area contributed by atoms with Crippen molar-refractivity contribution in [2.45, 2.75) is 6.18 Å². The van der Waals surface area contributed by atoms with Gasteiger partial charge in [-0.15, -0.1) is 0 Å². The van der Waals surface area contributed by atoms with E-state index >= 15 is 0 Å². The second-order valence-electron chi connectivity index (χ2n) is 3.86. The van der Waals surface area contributed by atoms with Crippen molar-refractivity contribution in [1.29, 1.82) is 5.26 Å². The van der Waals surface area contributed by atoms with Gasteiger partial charge in [-0.1, -0.05) is 18.2 Å². The molecule has 0 saturated carbocycles. The summed E-state index contributed by atoms with van der Waals surface area (Å²) < 4.78 is 37.7. The van der Waals surface area contributed by atoms with Crippen molar-refractivity contribution in [3.63, 3.8) is 0 Å². The van der Waals surface area contributed by atoms with Crippen molar-refractivity contribution in [3.05, 3.63) is 59.7 Å². The Morgan fingerprint density at radius 2 is 1.74 bits per heavy atom. The standard InChI is InChI=1S/C14H9F3N2/c15-14(16,17)11-5-3-6-12(8-11)19-13-7-2-1-4-10(13)9-18/h1-8,19H. The zero-order valence-corrected chi connectivity index (χ0v) is 9.70. The normalized spacial score (nSPS) is 10.8. The first kappa shape index (κ1) is 13.0. The average molecular weight is 262 g/mol. The van der Waals surface area contributed by atoms with E-state index < -0.39 is 11.7 Å². The maximum Gasteiger partial charge on any atom is 0.416 e. The number of halogens is 3. The largest absolute Gasteiger partial charge is 0.416 e. The third-order valence-electron chi connectivity index (χ3n) is 2.52. The molecule has 0 aliphatic heterocycles. The van der Waals surface area contributed by atoms with Crippen LogP contribution in [0.3, 0.4) is 0 Å². The van der Waals surface area contributed by atoms with Gasteiger partial charge in [0, 0.05) is 5.69 Å². The molecule has 2 nitrogen and oxygen atoms in total. The van der Waals surface area contributed by atoms with Gasteiger partial charge < -0.3 is 5.32 Å². The summed E-state index contributed by atoms with van der Waals surface area (Å²) in [6, 6.07) is 13.4. The lowest BCUT2D eigenvalue weighted by molar-refractivity contribution is -0.137. The van der Waals surface area contributed by atoms with E-state index in [1.165, 1.54) is 12.1 Å². The van der Waals surface area contributed by atoms with E-state index in [-0.39, 0.29) is 5.69 Å². The highest BCUT2D eigenvalue weighted by molar-refractivity contribution is 5.66. The molecule has 0 saturated heterocycles. The molecule has 0 aliphatic carbocycles.